The molecule has 0 radical (unpaired) electrons. The van der Waals surface area contributed by atoms with Gasteiger partial charge in [-0.3, -0.25) is 9.69 Å². The largest absolute Gasteiger partial charge is 0.340 e. The SMILES string of the molecule is CC(C)(N)C(=O)N1CCCN(Cc2ccc(Cl)cc2)CC1. The minimum atomic E-state index is -0.786. The molecule has 4 nitrogen and oxygen atoms in total. The van der Waals surface area contributed by atoms with Crippen LogP contribution >= 0.6 is 11.6 Å². The van der Waals surface area contributed by atoms with Crippen molar-refractivity contribution in [3.05, 3.63) is 34.9 Å². The topological polar surface area (TPSA) is 49.6 Å². The van der Waals surface area contributed by atoms with E-state index in [1.807, 2.05) is 17.0 Å². The van der Waals surface area contributed by atoms with Crippen LogP contribution in [-0.2, 0) is 11.3 Å². The predicted octanol–water partition coefficient (Wildman–Crippen LogP) is 2.11. The molecule has 1 aromatic carbocycles. The maximum absolute atomic E-state index is 12.2. The van der Waals surface area contributed by atoms with E-state index in [0.29, 0.717) is 0 Å². The summed E-state index contributed by atoms with van der Waals surface area (Å²) in [5.74, 6) is 0.0378. The molecule has 1 fully saturated rings. The Balaban J connectivity index is 1.92. The van der Waals surface area contributed by atoms with Crippen LogP contribution in [0.1, 0.15) is 25.8 Å². The number of halogens is 1. The summed E-state index contributed by atoms with van der Waals surface area (Å²) in [7, 11) is 0. The van der Waals surface area contributed by atoms with Crippen LogP contribution in [0.4, 0.5) is 0 Å². The molecule has 1 aliphatic rings. The van der Waals surface area contributed by atoms with Crippen LogP contribution in [0.2, 0.25) is 5.02 Å². The minimum absolute atomic E-state index is 0.0378. The third-order valence-electron chi connectivity index (χ3n) is 3.75. The van der Waals surface area contributed by atoms with Gasteiger partial charge in [-0.25, -0.2) is 0 Å². The van der Waals surface area contributed by atoms with Crippen molar-refractivity contribution in [2.45, 2.75) is 32.4 Å². The van der Waals surface area contributed by atoms with Gasteiger partial charge < -0.3 is 10.6 Å². The normalized spacial score (nSPS) is 17.6. The van der Waals surface area contributed by atoms with Crippen molar-refractivity contribution >= 4 is 17.5 Å². The van der Waals surface area contributed by atoms with Crippen LogP contribution in [0, 0.1) is 0 Å². The lowest BCUT2D eigenvalue weighted by Gasteiger charge is -2.28. The lowest BCUT2D eigenvalue weighted by Crippen LogP contribution is -2.52. The molecule has 1 aromatic rings. The molecule has 1 saturated heterocycles. The first-order valence-corrected chi connectivity index (χ1v) is 7.79. The van der Waals surface area contributed by atoms with Gasteiger partial charge in [-0.2, -0.15) is 0 Å². The Morgan fingerprint density at radius 3 is 2.48 bits per heavy atom. The predicted molar refractivity (Wildman–Crippen MR) is 86.2 cm³/mol. The highest BCUT2D eigenvalue weighted by Gasteiger charge is 2.28. The van der Waals surface area contributed by atoms with Crippen LogP contribution in [0.3, 0.4) is 0 Å². The molecule has 116 valence electrons. The van der Waals surface area contributed by atoms with E-state index in [-0.39, 0.29) is 5.91 Å². The Labute approximate surface area is 131 Å². The van der Waals surface area contributed by atoms with Crippen molar-refractivity contribution in [1.82, 2.24) is 9.80 Å². The zero-order valence-corrected chi connectivity index (χ0v) is 13.6. The van der Waals surface area contributed by atoms with Gasteiger partial charge in [-0.1, -0.05) is 23.7 Å². The van der Waals surface area contributed by atoms with Crippen LogP contribution in [-0.4, -0.2) is 47.4 Å². The zero-order chi connectivity index (χ0) is 15.5. The summed E-state index contributed by atoms with van der Waals surface area (Å²) in [6, 6.07) is 7.95. The van der Waals surface area contributed by atoms with E-state index in [9.17, 15) is 4.79 Å². The van der Waals surface area contributed by atoms with E-state index >= 15 is 0 Å². The second-order valence-corrected chi connectivity index (χ2v) is 6.71. The maximum atomic E-state index is 12.2. The average molecular weight is 310 g/mol. The molecule has 0 unspecified atom stereocenters. The smallest absolute Gasteiger partial charge is 0.242 e. The van der Waals surface area contributed by atoms with Crippen molar-refractivity contribution in [3.63, 3.8) is 0 Å². The van der Waals surface area contributed by atoms with Crippen molar-refractivity contribution in [3.8, 4) is 0 Å². The van der Waals surface area contributed by atoms with Crippen molar-refractivity contribution in [2.24, 2.45) is 5.73 Å². The fraction of sp³-hybridized carbons (Fsp3) is 0.562. The Bertz CT molecular complexity index is 481. The lowest BCUT2D eigenvalue weighted by molar-refractivity contribution is -0.135. The van der Waals surface area contributed by atoms with Gasteiger partial charge in [0.05, 0.1) is 5.54 Å². The van der Waals surface area contributed by atoms with Gasteiger partial charge in [0.15, 0.2) is 0 Å². The molecule has 2 rings (SSSR count). The quantitative estimate of drug-likeness (QED) is 0.930. The van der Waals surface area contributed by atoms with Gasteiger partial charge in [0.25, 0.3) is 0 Å². The molecule has 0 aliphatic carbocycles. The molecular weight excluding hydrogens is 286 g/mol. The van der Waals surface area contributed by atoms with Gasteiger partial charge in [0, 0.05) is 37.7 Å². The maximum Gasteiger partial charge on any atom is 0.242 e. The standard InChI is InChI=1S/C16H24ClN3O/c1-16(2,18)15(21)20-9-3-8-19(10-11-20)12-13-4-6-14(17)7-5-13/h4-7H,3,8-12,18H2,1-2H3. The Kier molecular flexibility index (Phi) is 5.25. The minimum Gasteiger partial charge on any atom is -0.340 e. The molecule has 21 heavy (non-hydrogen) atoms. The third-order valence-corrected chi connectivity index (χ3v) is 4.00. The summed E-state index contributed by atoms with van der Waals surface area (Å²) in [6.07, 6.45) is 0.982. The van der Waals surface area contributed by atoms with E-state index < -0.39 is 5.54 Å². The molecule has 0 saturated carbocycles. The van der Waals surface area contributed by atoms with Crippen molar-refractivity contribution in [1.29, 1.82) is 0 Å². The number of amides is 1. The summed E-state index contributed by atoms with van der Waals surface area (Å²) in [5.41, 5.74) is 6.38. The number of nitrogens with two attached hydrogens (primary N) is 1. The number of hydrogen-bond acceptors (Lipinski definition) is 3. The van der Waals surface area contributed by atoms with Gasteiger partial charge in [0.1, 0.15) is 0 Å². The number of nitrogens with zero attached hydrogens (tertiary/aromatic N) is 2. The molecule has 0 spiro atoms. The van der Waals surface area contributed by atoms with Crippen LogP contribution in [0.25, 0.3) is 0 Å². The molecular formula is C16H24ClN3O. The second kappa shape index (κ2) is 6.77. The number of carbonyl (C=O) groups excluding carboxylic acids is 1. The van der Waals surface area contributed by atoms with Gasteiger partial charge in [0.2, 0.25) is 5.91 Å². The van der Waals surface area contributed by atoms with E-state index in [0.717, 1.165) is 44.2 Å². The van der Waals surface area contributed by atoms with E-state index in [4.69, 9.17) is 17.3 Å². The molecule has 0 bridgehead atoms. The number of hydrogen-bond donors (Lipinski definition) is 1. The second-order valence-electron chi connectivity index (χ2n) is 6.27. The van der Waals surface area contributed by atoms with E-state index in [1.54, 1.807) is 13.8 Å². The fourth-order valence-corrected chi connectivity index (χ4v) is 2.71. The van der Waals surface area contributed by atoms with Crippen LogP contribution in [0.15, 0.2) is 24.3 Å². The highest BCUT2D eigenvalue weighted by atomic mass is 35.5. The Morgan fingerprint density at radius 1 is 1.19 bits per heavy atom. The molecule has 0 atom stereocenters. The van der Waals surface area contributed by atoms with Gasteiger partial charge >= 0.3 is 0 Å². The Hall–Kier alpha value is -1.10. The fourth-order valence-electron chi connectivity index (χ4n) is 2.59. The van der Waals surface area contributed by atoms with Crippen LogP contribution < -0.4 is 5.73 Å². The lowest BCUT2D eigenvalue weighted by atomic mass is 10.1. The Morgan fingerprint density at radius 2 is 1.86 bits per heavy atom. The highest BCUT2D eigenvalue weighted by molar-refractivity contribution is 6.30. The van der Waals surface area contributed by atoms with Crippen molar-refractivity contribution < 1.29 is 4.79 Å². The first kappa shape index (κ1) is 16.3. The molecule has 1 heterocycles. The summed E-state index contributed by atoms with van der Waals surface area (Å²) < 4.78 is 0. The summed E-state index contributed by atoms with van der Waals surface area (Å²) >= 11 is 5.91. The average Bonchev–Trinajstić information content (AvgIpc) is 2.65. The van der Waals surface area contributed by atoms with Gasteiger partial charge in [-0.05, 0) is 38.0 Å². The third kappa shape index (κ3) is 4.70. The van der Waals surface area contributed by atoms with Gasteiger partial charge in [-0.15, -0.1) is 0 Å². The zero-order valence-electron chi connectivity index (χ0n) is 12.8. The highest BCUT2D eigenvalue weighted by Crippen LogP contribution is 2.14. The summed E-state index contributed by atoms with van der Waals surface area (Å²) in [5, 5.41) is 0.761. The number of carbonyl (C=O) groups is 1. The first-order chi connectivity index (χ1) is 9.86. The van der Waals surface area contributed by atoms with E-state index in [1.165, 1.54) is 5.56 Å². The number of rotatable bonds is 3. The molecule has 0 aromatic heterocycles. The monoisotopic (exact) mass is 309 g/mol. The molecule has 1 aliphatic heterocycles. The van der Waals surface area contributed by atoms with E-state index in [2.05, 4.69) is 17.0 Å². The van der Waals surface area contributed by atoms with Crippen LogP contribution in [0.5, 0.6) is 0 Å². The van der Waals surface area contributed by atoms with Crippen molar-refractivity contribution in [2.75, 3.05) is 26.2 Å². The first-order valence-electron chi connectivity index (χ1n) is 7.41. The summed E-state index contributed by atoms with van der Waals surface area (Å²) in [6.45, 7) is 7.84. The summed E-state index contributed by atoms with van der Waals surface area (Å²) in [4.78, 5) is 16.5. The molecule has 1 amide bonds. The molecule has 5 heteroatoms. The molecule has 2 N–H and O–H groups in total. The number of benzene rings is 1.